The summed E-state index contributed by atoms with van der Waals surface area (Å²) in [5.74, 6) is -0.949. The molecular formula is C22H32O3. The van der Waals surface area contributed by atoms with Crippen molar-refractivity contribution in [3.8, 4) is 0 Å². The molecule has 0 rings (SSSR count). The Labute approximate surface area is 152 Å². The molecule has 0 spiro atoms. The third-order valence-electron chi connectivity index (χ3n) is 3.42. The van der Waals surface area contributed by atoms with Crippen LogP contribution in [0, 0.1) is 0 Å². The normalized spacial score (nSPS) is 14.3. The third-order valence-corrected chi connectivity index (χ3v) is 3.42. The van der Waals surface area contributed by atoms with E-state index in [0.717, 1.165) is 38.2 Å². The van der Waals surface area contributed by atoms with Crippen LogP contribution in [0.3, 0.4) is 0 Å². The number of carboxylic acid groups (broad SMARTS) is 1. The highest BCUT2D eigenvalue weighted by atomic mass is 16.4. The fraction of sp³-hybridized carbons (Fsp3) is 0.409. The molecule has 0 aliphatic heterocycles. The Morgan fingerprint density at radius 1 is 0.800 bits per heavy atom. The SMILES string of the molecule is CCCCC[C@H](O)CCCC=CC=CC=CC=CC=CC=CC(=O)O. The van der Waals surface area contributed by atoms with Gasteiger partial charge in [0.15, 0.2) is 0 Å². The smallest absolute Gasteiger partial charge is 0.328 e. The van der Waals surface area contributed by atoms with E-state index in [1.807, 2.05) is 42.5 Å². The molecule has 0 aliphatic carbocycles. The summed E-state index contributed by atoms with van der Waals surface area (Å²) in [6.07, 6.45) is 28.9. The van der Waals surface area contributed by atoms with E-state index in [1.165, 1.54) is 18.9 Å². The van der Waals surface area contributed by atoms with Gasteiger partial charge < -0.3 is 10.2 Å². The van der Waals surface area contributed by atoms with Crippen molar-refractivity contribution in [2.75, 3.05) is 0 Å². The molecule has 0 heterocycles. The van der Waals surface area contributed by atoms with Gasteiger partial charge in [-0.05, 0) is 25.7 Å². The molecule has 25 heavy (non-hydrogen) atoms. The van der Waals surface area contributed by atoms with Crippen molar-refractivity contribution < 1.29 is 15.0 Å². The van der Waals surface area contributed by atoms with Crippen molar-refractivity contribution in [3.05, 3.63) is 72.9 Å². The lowest BCUT2D eigenvalue weighted by Gasteiger charge is -2.08. The summed E-state index contributed by atoms with van der Waals surface area (Å²) in [6.45, 7) is 2.18. The van der Waals surface area contributed by atoms with E-state index in [0.29, 0.717) is 0 Å². The number of carboxylic acids is 1. The van der Waals surface area contributed by atoms with E-state index in [9.17, 15) is 9.90 Å². The van der Waals surface area contributed by atoms with E-state index in [-0.39, 0.29) is 6.10 Å². The minimum Gasteiger partial charge on any atom is -0.478 e. The number of aliphatic hydroxyl groups excluding tert-OH is 1. The molecule has 138 valence electrons. The lowest BCUT2D eigenvalue weighted by molar-refractivity contribution is -0.131. The van der Waals surface area contributed by atoms with Crippen LogP contribution in [0.25, 0.3) is 0 Å². The van der Waals surface area contributed by atoms with Crippen molar-refractivity contribution in [2.24, 2.45) is 0 Å². The number of rotatable bonds is 14. The molecule has 0 bridgehead atoms. The fourth-order valence-electron chi connectivity index (χ4n) is 2.07. The molecule has 1 atom stereocenters. The molecule has 0 fully saturated rings. The molecule has 0 aliphatic rings. The zero-order valence-corrected chi connectivity index (χ0v) is 15.3. The Balaban J connectivity index is 3.69. The number of allylic oxidation sites excluding steroid dienone is 11. The maximum absolute atomic E-state index is 10.2. The Kier molecular flexibility index (Phi) is 16.7. The van der Waals surface area contributed by atoms with Crippen LogP contribution in [0.15, 0.2) is 72.9 Å². The molecule has 3 nitrogen and oxygen atoms in total. The molecule has 0 aromatic heterocycles. The molecule has 3 heteroatoms. The van der Waals surface area contributed by atoms with Crippen molar-refractivity contribution in [2.45, 2.75) is 58.0 Å². The van der Waals surface area contributed by atoms with Crippen molar-refractivity contribution in [3.63, 3.8) is 0 Å². The maximum Gasteiger partial charge on any atom is 0.328 e. The topological polar surface area (TPSA) is 57.5 Å². The predicted molar refractivity (Wildman–Crippen MR) is 106 cm³/mol. The van der Waals surface area contributed by atoms with E-state index in [1.54, 1.807) is 12.2 Å². The lowest BCUT2D eigenvalue weighted by atomic mass is 10.1. The molecule has 0 aromatic rings. The van der Waals surface area contributed by atoms with Gasteiger partial charge in [0.1, 0.15) is 0 Å². The minimum atomic E-state index is -0.949. The van der Waals surface area contributed by atoms with E-state index in [2.05, 4.69) is 13.0 Å². The molecule has 0 saturated carbocycles. The van der Waals surface area contributed by atoms with Gasteiger partial charge in [-0.2, -0.15) is 0 Å². The summed E-state index contributed by atoms with van der Waals surface area (Å²) in [7, 11) is 0. The minimum absolute atomic E-state index is 0.140. The maximum atomic E-state index is 10.2. The number of hydrogen-bond donors (Lipinski definition) is 2. The highest BCUT2D eigenvalue weighted by molar-refractivity contribution is 5.80. The quantitative estimate of drug-likeness (QED) is 0.248. The highest BCUT2D eigenvalue weighted by Gasteiger charge is 2.01. The number of aliphatic carboxylic acids is 1. The molecule has 0 unspecified atom stereocenters. The fourth-order valence-corrected chi connectivity index (χ4v) is 2.07. The van der Waals surface area contributed by atoms with Gasteiger partial charge in [-0.25, -0.2) is 4.79 Å². The average Bonchev–Trinajstić information content (AvgIpc) is 2.58. The Morgan fingerprint density at radius 2 is 1.32 bits per heavy atom. The van der Waals surface area contributed by atoms with Crippen molar-refractivity contribution in [1.29, 1.82) is 0 Å². The zero-order chi connectivity index (χ0) is 18.6. The first-order chi connectivity index (χ1) is 12.2. The molecule has 2 N–H and O–H groups in total. The van der Waals surface area contributed by atoms with Gasteiger partial charge in [0.25, 0.3) is 0 Å². The molecule has 0 saturated heterocycles. The summed E-state index contributed by atoms with van der Waals surface area (Å²) in [5, 5.41) is 18.2. The number of aliphatic hydroxyl groups is 1. The Hall–Kier alpha value is -2.13. The second kappa shape index (κ2) is 18.2. The van der Waals surface area contributed by atoms with Crippen LogP contribution in [-0.4, -0.2) is 22.3 Å². The van der Waals surface area contributed by atoms with Gasteiger partial charge >= 0.3 is 5.97 Å². The monoisotopic (exact) mass is 344 g/mol. The van der Waals surface area contributed by atoms with Crippen LogP contribution in [0.1, 0.15) is 51.9 Å². The Morgan fingerprint density at radius 3 is 1.88 bits per heavy atom. The Bertz CT molecular complexity index is 493. The van der Waals surface area contributed by atoms with Crippen LogP contribution >= 0.6 is 0 Å². The summed E-state index contributed by atoms with van der Waals surface area (Å²) >= 11 is 0. The number of unbranched alkanes of at least 4 members (excludes halogenated alkanes) is 3. The number of hydrogen-bond acceptors (Lipinski definition) is 2. The van der Waals surface area contributed by atoms with Crippen LogP contribution in [0.4, 0.5) is 0 Å². The van der Waals surface area contributed by atoms with Crippen LogP contribution in [-0.2, 0) is 4.79 Å². The van der Waals surface area contributed by atoms with E-state index < -0.39 is 5.97 Å². The van der Waals surface area contributed by atoms with Gasteiger partial charge in [-0.3, -0.25) is 0 Å². The standard InChI is InChI=1S/C22H32O3/c1-2-3-15-18-21(23)19-16-13-11-9-7-5-4-6-8-10-12-14-17-20-22(24)25/h4-12,14,17,20-21,23H,2-3,13,15-16,18-19H2,1H3,(H,24,25)/t21-/m0/s1. The second-order valence-electron chi connectivity index (χ2n) is 5.75. The molecule has 0 radical (unpaired) electrons. The predicted octanol–water partition coefficient (Wildman–Crippen LogP) is 5.52. The van der Waals surface area contributed by atoms with Gasteiger partial charge in [0, 0.05) is 6.08 Å². The van der Waals surface area contributed by atoms with Crippen molar-refractivity contribution in [1.82, 2.24) is 0 Å². The van der Waals surface area contributed by atoms with E-state index in [4.69, 9.17) is 5.11 Å². The average molecular weight is 344 g/mol. The van der Waals surface area contributed by atoms with Gasteiger partial charge in [-0.15, -0.1) is 0 Å². The number of carbonyl (C=O) groups is 1. The summed E-state index contributed by atoms with van der Waals surface area (Å²) < 4.78 is 0. The van der Waals surface area contributed by atoms with E-state index >= 15 is 0 Å². The lowest BCUT2D eigenvalue weighted by Crippen LogP contribution is -2.05. The molecule has 0 amide bonds. The zero-order valence-electron chi connectivity index (χ0n) is 15.3. The third kappa shape index (κ3) is 19.8. The van der Waals surface area contributed by atoms with Gasteiger partial charge in [0.05, 0.1) is 6.10 Å². The largest absolute Gasteiger partial charge is 0.478 e. The molecular weight excluding hydrogens is 312 g/mol. The van der Waals surface area contributed by atoms with Crippen LogP contribution in [0.5, 0.6) is 0 Å². The van der Waals surface area contributed by atoms with Crippen LogP contribution in [0.2, 0.25) is 0 Å². The summed E-state index contributed by atoms with van der Waals surface area (Å²) in [6, 6.07) is 0. The summed E-state index contributed by atoms with van der Waals surface area (Å²) in [5.41, 5.74) is 0. The summed E-state index contributed by atoms with van der Waals surface area (Å²) in [4.78, 5) is 10.2. The van der Waals surface area contributed by atoms with Crippen molar-refractivity contribution >= 4 is 5.97 Å². The second-order valence-corrected chi connectivity index (χ2v) is 5.75. The van der Waals surface area contributed by atoms with Gasteiger partial charge in [-0.1, -0.05) is 93.0 Å². The highest BCUT2D eigenvalue weighted by Crippen LogP contribution is 2.09. The first-order valence-corrected chi connectivity index (χ1v) is 9.07. The first-order valence-electron chi connectivity index (χ1n) is 9.07. The molecule has 0 aromatic carbocycles. The van der Waals surface area contributed by atoms with Gasteiger partial charge in [0.2, 0.25) is 0 Å². The first kappa shape index (κ1) is 22.9. The van der Waals surface area contributed by atoms with Crippen LogP contribution < -0.4 is 0 Å².